The van der Waals surface area contributed by atoms with Crippen LogP contribution >= 0.6 is 0 Å². The average Bonchev–Trinajstić information content (AvgIpc) is 2.36. The maximum absolute atomic E-state index is 10.8. The minimum atomic E-state index is -1.41. The second-order valence-electron chi connectivity index (χ2n) is 3.03. The molecule has 74 valence electrons. The van der Waals surface area contributed by atoms with Crippen LogP contribution in [0.3, 0.4) is 0 Å². The SMILES string of the molecule is CCC(CO)C1OC(=O)C(=O)C1O. The van der Waals surface area contributed by atoms with Gasteiger partial charge in [-0.05, 0) is 6.42 Å². The van der Waals surface area contributed by atoms with Gasteiger partial charge in [0.1, 0.15) is 6.10 Å². The quantitative estimate of drug-likeness (QED) is 0.432. The van der Waals surface area contributed by atoms with E-state index in [1.165, 1.54) is 0 Å². The van der Waals surface area contributed by atoms with Gasteiger partial charge in [0.15, 0.2) is 6.10 Å². The molecule has 0 amide bonds. The molecule has 0 aromatic heterocycles. The highest BCUT2D eigenvalue weighted by molar-refractivity contribution is 6.37. The van der Waals surface area contributed by atoms with Crippen molar-refractivity contribution < 1.29 is 24.5 Å². The van der Waals surface area contributed by atoms with E-state index < -0.39 is 24.0 Å². The van der Waals surface area contributed by atoms with Crippen LogP contribution in [0.4, 0.5) is 0 Å². The molecule has 0 spiro atoms. The van der Waals surface area contributed by atoms with Gasteiger partial charge in [-0.3, -0.25) is 4.79 Å². The van der Waals surface area contributed by atoms with Crippen molar-refractivity contribution >= 4 is 11.8 Å². The van der Waals surface area contributed by atoms with Crippen LogP contribution in [0.1, 0.15) is 13.3 Å². The maximum atomic E-state index is 10.8. The van der Waals surface area contributed by atoms with Crippen molar-refractivity contribution in [3.63, 3.8) is 0 Å². The molecule has 0 radical (unpaired) electrons. The van der Waals surface area contributed by atoms with Crippen LogP contribution in [-0.4, -0.2) is 40.8 Å². The van der Waals surface area contributed by atoms with Crippen LogP contribution < -0.4 is 0 Å². The van der Waals surface area contributed by atoms with Crippen LogP contribution in [0.2, 0.25) is 0 Å². The lowest BCUT2D eigenvalue weighted by Crippen LogP contribution is -2.34. The number of ketones is 1. The molecule has 1 saturated heterocycles. The highest BCUT2D eigenvalue weighted by Crippen LogP contribution is 2.21. The second kappa shape index (κ2) is 3.85. The van der Waals surface area contributed by atoms with E-state index in [1.54, 1.807) is 6.92 Å². The number of hydrogen-bond donors (Lipinski definition) is 2. The summed E-state index contributed by atoms with van der Waals surface area (Å²) in [5, 5.41) is 18.1. The van der Waals surface area contributed by atoms with Gasteiger partial charge in [-0.2, -0.15) is 0 Å². The van der Waals surface area contributed by atoms with Gasteiger partial charge < -0.3 is 14.9 Å². The molecule has 0 bridgehead atoms. The molecule has 1 aliphatic rings. The Kier molecular flexibility index (Phi) is 3.00. The van der Waals surface area contributed by atoms with E-state index in [4.69, 9.17) is 5.11 Å². The number of hydrogen-bond acceptors (Lipinski definition) is 5. The van der Waals surface area contributed by atoms with Crippen LogP contribution in [0, 0.1) is 5.92 Å². The van der Waals surface area contributed by atoms with Crippen LogP contribution in [-0.2, 0) is 14.3 Å². The summed E-state index contributed by atoms with van der Waals surface area (Å²) in [5.74, 6) is -2.30. The number of cyclic esters (lactones) is 1. The lowest BCUT2D eigenvalue weighted by molar-refractivity contribution is -0.150. The van der Waals surface area contributed by atoms with Gasteiger partial charge in [0.05, 0.1) is 0 Å². The zero-order valence-electron chi connectivity index (χ0n) is 7.27. The molecule has 1 rings (SSSR count). The van der Waals surface area contributed by atoms with Crippen molar-refractivity contribution in [2.75, 3.05) is 6.61 Å². The zero-order chi connectivity index (χ0) is 10.0. The van der Waals surface area contributed by atoms with E-state index in [2.05, 4.69) is 4.74 Å². The number of carbonyl (C=O) groups excluding carboxylic acids is 2. The van der Waals surface area contributed by atoms with Crippen molar-refractivity contribution in [1.82, 2.24) is 0 Å². The Morgan fingerprint density at radius 1 is 1.54 bits per heavy atom. The van der Waals surface area contributed by atoms with Crippen molar-refractivity contribution in [2.24, 2.45) is 5.92 Å². The first-order chi connectivity index (χ1) is 6.11. The molecule has 1 heterocycles. The van der Waals surface area contributed by atoms with Crippen molar-refractivity contribution in [3.05, 3.63) is 0 Å². The lowest BCUT2D eigenvalue weighted by atomic mass is 9.96. The molecule has 3 atom stereocenters. The molecular formula is C8H12O5. The Morgan fingerprint density at radius 2 is 2.15 bits per heavy atom. The fraction of sp³-hybridized carbons (Fsp3) is 0.750. The Morgan fingerprint density at radius 3 is 2.46 bits per heavy atom. The Labute approximate surface area is 75.3 Å². The first-order valence-electron chi connectivity index (χ1n) is 4.15. The van der Waals surface area contributed by atoms with Gasteiger partial charge in [0.2, 0.25) is 0 Å². The molecule has 1 aliphatic heterocycles. The van der Waals surface area contributed by atoms with E-state index >= 15 is 0 Å². The number of aliphatic hydroxyl groups excluding tert-OH is 2. The van der Waals surface area contributed by atoms with E-state index in [0.717, 1.165) is 0 Å². The number of esters is 1. The van der Waals surface area contributed by atoms with Crippen LogP contribution in [0.15, 0.2) is 0 Å². The summed E-state index contributed by atoms with van der Waals surface area (Å²) < 4.78 is 4.63. The van der Waals surface area contributed by atoms with Crippen LogP contribution in [0.5, 0.6) is 0 Å². The molecular weight excluding hydrogens is 176 g/mol. The molecule has 5 heteroatoms. The molecule has 2 N–H and O–H groups in total. The van der Waals surface area contributed by atoms with Gasteiger partial charge in [-0.15, -0.1) is 0 Å². The minimum absolute atomic E-state index is 0.210. The second-order valence-corrected chi connectivity index (χ2v) is 3.03. The molecule has 0 aliphatic carbocycles. The van der Waals surface area contributed by atoms with Crippen molar-refractivity contribution in [2.45, 2.75) is 25.6 Å². The third-order valence-electron chi connectivity index (χ3n) is 2.25. The van der Waals surface area contributed by atoms with E-state index in [-0.39, 0.29) is 12.5 Å². The molecule has 3 unspecified atom stereocenters. The van der Waals surface area contributed by atoms with Gasteiger partial charge in [0, 0.05) is 12.5 Å². The minimum Gasteiger partial charge on any atom is -0.453 e. The topological polar surface area (TPSA) is 83.8 Å². The summed E-state index contributed by atoms with van der Waals surface area (Å²) in [7, 11) is 0. The number of carbonyl (C=O) groups is 2. The molecule has 13 heavy (non-hydrogen) atoms. The average molecular weight is 188 g/mol. The highest BCUT2D eigenvalue weighted by atomic mass is 16.6. The van der Waals surface area contributed by atoms with E-state index in [0.29, 0.717) is 6.42 Å². The monoisotopic (exact) mass is 188 g/mol. The van der Waals surface area contributed by atoms with E-state index in [9.17, 15) is 14.7 Å². The van der Waals surface area contributed by atoms with Gasteiger partial charge in [0.25, 0.3) is 5.78 Å². The summed E-state index contributed by atoms with van der Waals surface area (Å²) in [4.78, 5) is 21.6. The summed E-state index contributed by atoms with van der Waals surface area (Å²) in [6, 6.07) is 0. The largest absolute Gasteiger partial charge is 0.453 e. The predicted octanol–water partition coefficient (Wildman–Crippen LogP) is -1.14. The van der Waals surface area contributed by atoms with Crippen molar-refractivity contribution in [3.8, 4) is 0 Å². The Bertz CT molecular complexity index is 221. The fourth-order valence-corrected chi connectivity index (χ4v) is 1.34. The summed E-state index contributed by atoms with van der Waals surface area (Å²) in [6.07, 6.45) is -1.75. The molecule has 1 fully saturated rings. The molecule has 0 aromatic carbocycles. The number of aliphatic hydroxyl groups is 2. The fourth-order valence-electron chi connectivity index (χ4n) is 1.34. The van der Waals surface area contributed by atoms with Gasteiger partial charge in [-0.1, -0.05) is 6.92 Å². The first-order valence-corrected chi connectivity index (χ1v) is 4.15. The highest BCUT2D eigenvalue weighted by Gasteiger charge is 2.45. The number of Topliss-reactive ketones (excluding diaryl/α,β-unsaturated/α-hetero) is 1. The summed E-state index contributed by atoms with van der Waals surface area (Å²) >= 11 is 0. The Balaban J connectivity index is 2.72. The normalized spacial score (nSPS) is 30.4. The van der Waals surface area contributed by atoms with E-state index in [1.807, 2.05) is 0 Å². The third kappa shape index (κ3) is 1.71. The van der Waals surface area contributed by atoms with Gasteiger partial charge in [-0.25, -0.2) is 4.79 Å². The van der Waals surface area contributed by atoms with Crippen LogP contribution in [0.25, 0.3) is 0 Å². The molecule has 0 saturated carbocycles. The maximum Gasteiger partial charge on any atom is 0.377 e. The predicted molar refractivity (Wildman–Crippen MR) is 41.8 cm³/mol. The third-order valence-corrected chi connectivity index (χ3v) is 2.25. The summed E-state index contributed by atoms with van der Waals surface area (Å²) in [5.41, 5.74) is 0. The molecule has 5 nitrogen and oxygen atoms in total. The van der Waals surface area contributed by atoms with Gasteiger partial charge >= 0.3 is 5.97 Å². The van der Waals surface area contributed by atoms with Crippen molar-refractivity contribution in [1.29, 1.82) is 0 Å². The zero-order valence-corrected chi connectivity index (χ0v) is 7.27. The smallest absolute Gasteiger partial charge is 0.377 e. The number of ether oxygens (including phenoxy) is 1. The lowest BCUT2D eigenvalue weighted by Gasteiger charge is -2.19. The number of rotatable bonds is 3. The molecule has 0 aromatic rings. The first kappa shape index (κ1) is 10.1. The summed E-state index contributed by atoms with van der Waals surface area (Å²) in [6.45, 7) is 1.57. The standard InChI is InChI=1S/C8H12O5/c1-2-4(3-9)7-5(10)6(11)8(12)13-7/h4-5,7,9-10H,2-3H2,1H3. The Hall–Kier alpha value is -0.940.